The quantitative estimate of drug-likeness (QED) is 0.550. The predicted octanol–water partition coefficient (Wildman–Crippen LogP) is 4.64. The van der Waals surface area contributed by atoms with Crippen molar-refractivity contribution in [2.45, 2.75) is 51.0 Å². The molecule has 33 heavy (non-hydrogen) atoms. The normalized spacial score (nSPS) is 14.7. The molecular weight excluding hydrogens is 432 g/mol. The first kappa shape index (κ1) is 23.4. The number of nitrogens with zero attached hydrogens (tertiary/aromatic N) is 4. The summed E-state index contributed by atoms with van der Waals surface area (Å²) in [5, 5.41) is 0. The molecule has 0 bridgehead atoms. The van der Waals surface area contributed by atoms with E-state index in [2.05, 4.69) is 32.6 Å². The van der Waals surface area contributed by atoms with Gasteiger partial charge in [0.05, 0.1) is 10.6 Å². The molecular formula is C26H32N4O2S. The number of fused-ring (bicyclic) bond motifs is 1. The first-order valence-electron chi connectivity index (χ1n) is 11.4. The van der Waals surface area contributed by atoms with Crippen LogP contribution in [0.15, 0.2) is 59.5 Å². The van der Waals surface area contributed by atoms with Crippen LogP contribution >= 0.6 is 0 Å². The Morgan fingerprint density at radius 1 is 1.00 bits per heavy atom. The third-order valence-corrected chi connectivity index (χ3v) is 8.09. The average molecular weight is 465 g/mol. The minimum atomic E-state index is -3.62. The van der Waals surface area contributed by atoms with Crippen LogP contribution in [0.4, 0.5) is 5.82 Å². The van der Waals surface area contributed by atoms with Crippen LogP contribution in [0.1, 0.15) is 44.5 Å². The number of aromatic nitrogens is 2. The predicted molar refractivity (Wildman–Crippen MR) is 133 cm³/mol. The first-order valence-corrected chi connectivity index (χ1v) is 12.8. The molecule has 0 amide bonds. The molecule has 0 fully saturated rings. The Bertz CT molecular complexity index is 1230. The zero-order valence-corrected chi connectivity index (χ0v) is 20.9. The molecule has 0 spiro atoms. The van der Waals surface area contributed by atoms with Crippen LogP contribution in [0.3, 0.4) is 0 Å². The van der Waals surface area contributed by atoms with E-state index >= 15 is 0 Å². The fourth-order valence-corrected chi connectivity index (χ4v) is 5.44. The van der Waals surface area contributed by atoms with E-state index in [0.29, 0.717) is 23.7 Å². The summed E-state index contributed by atoms with van der Waals surface area (Å²) in [4.78, 5) is 12.1. The molecule has 0 saturated heterocycles. The van der Waals surface area contributed by atoms with Gasteiger partial charge in [0.15, 0.2) is 5.82 Å². The molecule has 174 valence electrons. The third-order valence-electron chi connectivity index (χ3n) is 6.23. The van der Waals surface area contributed by atoms with Crippen molar-refractivity contribution in [1.29, 1.82) is 0 Å². The van der Waals surface area contributed by atoms with Crippen molar-refractivity contribution in [3.8, 4) is 11.4 Å². The Balaban J connectivity index is 1.70. The molecule has 1 aromatic heterocycles. The van der Waals surface area contributed by atoms with Gasteiger partial charge in [0.1, 0.15) is 5.82 Å². The second kappa shape index (κ2) is 8.88. The van der Waals surface area contributed by atoms with Crippen LogP contribution in [-0.4, -0.2) is 42.8 Å². The largest absolute Gasteiger partial charge is 0.360 e. The van der Waals surface area contributed by atoms with Gasteiger partial charge < -0.3 is 4.90 Å². The number of hydrogen-bond acceptors (Lipinski definition) is 5. The summed E-state index contributed by atoms with van der Waals surface area (Å²) in [7, 11) is -1.64. The SMILES string of the molecule is CCN(C)c1nc(-c2ccccc2)nc2c1CN(S(=O)(=O)c1ccc(C(C)(C)C)cc1)CC2. The van der Waals surface area contributed by atoms with Crippen molar-refractivity contribution in [1.82, 2.24) is 14.3 Å². The highest BCUT2D eigenvalue weighted by atomic mass is 32.2. The molecule has 0 N–H and O–H groups in total. The lowest BCUT2D eigenvalue weighted by Gasteiger charge is -2.31. The molecule has 0 aliphatic carbocycles. The van der Waals surface area contributed by atoms with Gasteiger partial charge in [0, 0.05) is 44.2 Å². The number of rotatable bonds is 5. The van der Waals surface area contributed by atoms with E-state index in [1.54, 1.807) is 16.4 Å². The second-order valence-corrected chi connectivity index (χ2v) is 11.5. The Hall–Kier alpha value is -2.77. The van der Waals surface area contributed by atoms with Crippen LogP contribution in [0, 0.1) is 0 Å². The van der Waals surface area contributed by atoms with Gasteiger partial charge in [-0.05, 0) is 30.0 Å². The molecule has 0 atom stereocenters. The maximum absolute atomic E-state index is 13.5. The maximum Gasteiger partial charge on any atom is 0.243 e. The lowest BCUT2D eigenvalue weighted by Crippen LogP contribution is -2.38. The van der Waals surface area contributed by atoms with Crippen LogP contribution in [0.2, 0.25) is 0 Å². The van der Waals surface area contributed by atoms with Gasteiger partial charge in [-0.2, -0.15) is 4.31 Å². The molecule has 0 saturated carbocycles. The van der Waals surface area contributed by atoms with Gasteiger partial charge in [-0.1, -0.05) is 63.2 Å². The standard InChI is InChI=1S/C26H32N4O2S/c1-6-29(5)25-22-18-30(33(31,32)21-14-12-20(13-15-21)26(2,3)4)17-16-23(22)27-24(28-25)19-10-8-7-9-11-19/h7-15H,6,16-18H2,1-5H3. The van der Waals surface area contributed by atoms with Gasteiger partial charge in [-0.15, -0.1) is 0 Å². The summed E-state index contributed by atoms with van der Waals surface area (Å²) in [5.74, 6) is 1.48. The summed E-state index contributed by atoms with van der Waals surface area (Å²) < 4.78 is 28.5. The molecule has 3 aromatic rings. The van der Waals surface area contributed by atoms with Gasteiger partial charge in [0.2, 0.25) is 10.0 Å². The van der Waals surface area contributed by atoms with Crippen molar-refractivity contribution >= 4 is 15.8 Å². The van der Waals surface area contributed by atoms with E-state index in [9.17, 15) is 8.42 Å². The highest BCUT2D eigenvalue weighted by molar-refractivity contribution is 7.89. The Labute approximate surface area is 197 Å². The topological polar surface area (TPSA) is 66.4 Å². The highest BCUT2D eigenvalue weighted by Gasteiger charge is 2.32. The van der Waals surface area contributed by atoms with Crippen molar-refractivity contribution < 1.29 is 8.42 Å². The maximum atomic E-state index is 13.5. The van der Waals surface area contributed by atoms with E-state index in [0.717, 1.165) is 34.7 Å². The van der Waals surface area contributed by atoms with Crippen molar-refractivity contribution in [2.75, 3.05) is 25.0 Å². The Morgan fingerprint density at radius 2 is 1.67 bits per heavy atom. The minimum absolute atomic E-state index is 0.0280. The fraction of sp³-hybridized carbons (Fsp3) is 0.385. The Morgan fingerprint density at radius 3 is 2.27 bits per heavy atom. The average Bonchev–Trinajstić information content (AvgIpc) is 2.82. The van der Waals surface area contributed by atoms with E-state index in [-0.39, 0.29) is 12.0 Å². The van der Waals surface area contributed by atoms with E-state index in [1.807, 2.05) is 49.5 Å². The third kappa shape index (κ3) is 4.66. The smallest absolute Gasteiger partial charge is 0.243 e. The van der Waals surface area contributed by atoms with E-state index in [4.69, 9.17) is 9.97 Å². The summed E-state index contributed by atoms with van der Waals surface area (Å²) >= 11 is 0. The van der Waals surface area contributed by atoms with Crippen LogP contribution in [-0.2, 0) is 28.4 Å². The summed E-state index contributed by atoms with van der Waals surface area (Å²) in [6.45, 7) is 9.85. The van der Waals surface area contributed by atoms with Gasteiger partial charge >= 0.3 is 0 Å². The van der Waals surface area contributed by atoms with Crippen molar-refractivity contribution in [3.63, 3.8) is 0 Å². The zero-order chi connectivity index (χ0) is 23.8. The molecule has 6 nitrogen and oxygen atoms in total. The molecule has 2 aromatic carbocycles. The lowest BCUT2D eigenvalue weighted by molar-refractivity contribution is 0.387. The fourth-order valence-electron chi connectivity index (χ4n) is 4.03. The molecule has 4 rings (SSSR count). The number of benzene rings is 2. The van der Waals surface area contributed by atoms with E-state index in [1.165, 1.54) is 0 Å². The monoisotopic (exact) mass is 464 g/mol. The van der Waals surface area contributed by atoms with Gasteiger partial charge in [-0.3, -0.25) is 0 Å². The number of sulfonamides is 1. The Kier molecular flexibility index (Phi) is 6.29. The van der Waals surface area contributed by atoms with Gasteiger partial charge in [0.25, 0.3) is 0 Å². The first-order chi connectivity index (χ1) is 15.6. The summed E-state index contributed by atoms with van der Waals surface area (Å²) in [6.07, 6.45) is 0.557. The number of hydrogen-bond donors (Lipinski definition) is 0. The van der Waals surface area contributed by atoms with Crippen LogP contribution < -0.4 is 4.90 Å². The van der Waals surface area contributed by atoms with Gasteiger partial charge in [-0.25, -0.2) is 18.4 Å². The van der Waals surface area contributed by atoms with Crippen LogP contribution in [0.25, 0.3) is 11.4 Å². The minimum Gasteiger partial charge on any atom is -0.360 e. The molecule has 0 radical (unpaired) electrons. The lowest BCUT2D eigenvalue weighted by atomic mass is 9.87. The van der Waals surface area contributed by atoms with E-state index < -0.39 is 10.0 Å². The highest BCUT2D eigenvalue weighted by Crippen LogP contribution is 2.32. The summed E-state index contributed by atoms with van der Waals surface area (Å²) in [6, 6.07) is 17.2. The van der Waals surface area contributed by atoms with Crippen molar-refractivity contribution in [3.05, 3.63) is 71.4 Å². The molecule has 1 aliphatic heterocycles. The molecule has 2 heterocycles. The van der Waals surface area contributed by atoms with Crippen molar-refractivity contribution in [2.24, 2.45) is 0 Å². The summed E-state index contributed by atoms with van der Waals surface area (Å²) in [5.41, 5.74) is 3.85. The second-order valence-electron chi connectivity index (χ2n) is 9.54. The zero-order valence-electron chi connectivity index (χ0n) is 20.0. The molecule has 0 unspecified atom stereocenters. The molecule has 7 heteroatoms. The number of anilines is 1. The molecule has 1 aliphatic rings. The van der Waals surface area contributed by atoms with Crippen LogP contribution in [0.5, 0.6) is 0 Å².